The van der Waals surface area contributed by atoms with E-state index in [-0.39, 0.29) is 0 Å². The molecule has 1 unspecified atom stereocenters. The molecule has 30 heavy (non-hydrogen) atoms. The van der Waals surface area contributed by atoms with Crippen LogP contribution in [0.25, 0.3) is 0 Å². The van der Waals surface area contributed by atoms with Crippen LogP contribution in [0.5, 0.6) is 0 Å². The lowest BCUT2D eigenvalue weighted by Gasteiger charge is -2.32. The van der Waals surface area contributed by atoms with Crippen LogP contribution < -0.4 is 0 Å². The third kappa shape index (κ3) is 7.89. The number of halogens is 10. The van der Waals surface area contributed by atoms with E-state index in [9.17, 15) is 52.3 Å². The second kappa shape index (κ2) is 10.6. The second-order valence-electron chi connectivity index (χ2n) is 5.90. The summed E-state index contributed by atoms with van der Waals surface area (Å²) in [6.07, 6.45) is -9.77. The smallest absolute Gasteiger partial charge is 0.281 e. The number of nitrogens with zero attached hydrogens (tertiary/aromatic N) is 1. The summed E-state index contributed by atoms with van der Waals surface area (Å²) in [6, 6.07) is 5.72. The Labute approximate surface area is 165 Å². The van der Waals surface area contributed by atoms with E-state index in [4.69, 9.17) is 4.55 Å². The maximum absolute atomic E-state index is 13.2. The van der Waals surface area contributed by atoms with Crippen molar-refractivity contribution in [3.8, 4) is 0 Å². The summed E-state index contributed by atoms with van der Waals surface area (Å²) in [6.45, 7) is 0. The summed E-state index contributed by atoms with van der Waals surface area (Å²) in [5, 5.41) is -6.66. The molecule has 0 aliphatic carbocycles. The van der Waals surface area contributed by atoms with Crippen molar-refractivity contribution in [1.29, 1.82) is 0 Å². The fourth-order valence-electron chi connectivity index (χ4n) is 1.87. The van der Waals surface area contributed by atoms with Crippen LogP contribution in [0.2, 0.25) is 0 Å². The Balaban J connectivity index is 0.00000118. The third-order valence-electron chi connectivity index (χ3n) is 3.49. The second-order valence-corrected chi connectivity index (χ2v) is 7.36. The maximum Gasteiger partial charge on any atom is 0.438 e. The first-order chi connectivity index (χ1) is 13.4. The zero-order chi connectivity index (χ0) is 23.9. The Hall–Kier alpha value is -1.64. The van der Waals surface area contributed by atoms with Crippen molar-refractivity contribution in [1.82, 2.24) is 4.98 Å². The Morgan fingerprint density at radius 3 is 1.67 bits per heavy atom. The predicted octanol–water partition coefficient (Wildman–Crippen LogP) is 5.67. The van der Waals surface area contributed by atoms with Crippen LogP contribution in [0.15, 0.2) is 30.6 Å². The number of alkyl halides is 10. The largest absolute Gasteiger partial charge is 0.438 e. The fourth-order valence-corrected chi connectivity index (χ4v) is 2.33. The van der Waals surface area contributed by atoms with Crippen LogP contribution in [0.3, 0.4) is 0 Å². The van der Waals surface area contributed by atoms with E-state index in [1.54, 1.807) is 12.4 Å². The van der Waals surface area contributed by atoms with E-state index in [0.29, 0.717) is 0 Å². The summed E-state index contributed by atoms with van der Waals surface area (Å²) < 4.78 is 155. The van der Waals surface area contributed by atoms with Gasteiger partial charge in [0.05, 0.1) is 0 Å². The highest BCUT2D eigenvalue weighted by Gasteiger charge is 2.79. The molecular formula is C15H17F10NO3S. The first kappa shape index (κ1) is 28.4. The van der Waals surface area contributed by atoms with E-state index in [1.165, 1.54) is 0 Å². The molecule has 4 nitrogen and oxygen atoms in total. The molecule has 1 aromatic rings. The minimum atomic E-state index is -6.98. The molecule has 0 saturated carbocycles. The van der Waals surface area contributed by atoms with Crippen molar-refractivity contribution >= 4 is 10.1 Å². The van der Waals surface area contributed by atoms with Gasteiger partial charge >= 0.3 is 33.4 Å². The van der Waals surface area contributed by atoms with Crippen LogP contribution in [0.1, 0.15) is 32.1 Å². The topological polar surface area (TPSA) is 67.3 Å². The molecule has 1 aromatic heterocycles. The molecule has 0 aromatic carbocycles. The van der Waals surface area contributed by atoms with E-state index in [0.717, 1.165) is 0 Å². The lowest BCUT2D eigenvalue weighted by atomic mass is 10.0. The lowest BCUT2D eigenvalue weighted by Crippen LogP contribution is -2.61. The van der Waals surface area contributed by atoms with Gasteiger partial charge < -0.3 is 0 Å². The SMILES string of the molecule is O=S(=O)(O)C(F)(F)C(F)(F)C(F)(F)C(F)CCCCCC(F)(F)F.c1ccncc1. The quantitative estimate of drug-likeness (QED) is 0.281. The number of unbranched alkanes of at least 4 members (excludes halogenated alkanes) is 2. The zero-order valence-electron chi connectivity index (χ0n) is 14.9. The standard InChI is InChI=1S/C10H12F10O3S.C5H5N/c11-6(4-2-1-3-5-7(12,13)14)8(15,16)9(17,18)10(19,20)24(21,22)23;1-2-4-6-5-3-1/h6H,1-5H2,(H,21,22,23);1-5H. The summed E-state index contributed by atoms with van der Waals surface area (Å²) >= 11 is 0. The third-order valence-corrected chi connectivity index (χ3v) is 4.39. The van der Waals surface area contributed by atoms with Gasteiger partial charge in [0.15, 0.2) is 6.17 Å². The molecule has 0 aliphatic heterocycles. The molecule has 0 bridgehead atoms. The number of hydrogen-bond acceptors (Lipinski definition) is 3. The Bertz CT molecular complexity index is 699. The molecule has 15 heteroatoms. The molecule has 0 spiro atoms. The highest BCUT2D eigenvalue weighted by Crippen LogP contribution is 2.50. The monoisotopic (exact) mass is 481 g/mol. The van der Waals surface area contributed by atoms with Crippen molar-refractivity contribution < 1.29 is 56.9 Å². The van der Waals surface area contributed by atoms with Crippen LogP contribution >= 0.6 is 0 Å². The van der Waals surface area contributed by atoms with Gasteiger partial charge in [-0.05, 0) is 25.0 Å². The summed E-state index contributed by atoms with van der Waals surface area (Å²) in [5.41, 5.74) is 0. The van der Waals surface area contributed by atoms with E-state index in [2.05, 4.69) is 4.98 Å². The van der Waals surface area contributed by atoms with Gasteiger partial charge in [-0.3, -0.25) is 9.54 Å². The van der Waals surface area contributed by atoms with Crippen molar-refractivity contribution in [2.45, 2.75) is 61.6 Å². The Morgan fingerprint density at radius 2 is 1.33 bits per heavy atom. The van der Waals surface area contributed by atoms with Gasteiger partial charge in [-0.15, -0.1) is 0 Å². The van der Waals surface area contributed by atoms with Crippen molar-refractivity contribution in [2.24, 2.45) is 0 Å². The zero-order valence-corrected chi connectivity index (χ0v) is 15.7. The van der Waals surface area contributed by atoms with E-state index >= 15 is 0 Å². The Morgan fingerprint density at radius 1 is 0.833 bits per heavy atom. The van der Waals surface area contributed by atoms with Crippen LogP contribution in [0, 0.1) is 0 Å². The van der Waals surface area contributed by atoms with E-state index in [1.807, 2.05) is 18.2 Å². The van der Waals surface area contributed by atoms with Crippen LogP contribution in [0.4, 0.5) is 43.9 Å². The van der Waals surface area contributed by atoms with Gasteiger partial charge in [0.1, 0.15) is 0 Å². The normalized spacial score (nSPS) is 14.6. The van der Waals surface area contributed by atoms with Gasteiger partial charge in [0, 0.05) is 18.8 Å². The van der Waals surface area contributed by atoms with Crippen LogP contribution in [-0.2, 0) is 10.1 Å². The molecule has 1 atom stereocenters. The van der Waals surface area contributed by atoms with Crippen LogP contribution in [-0.4, -0.2) is 47.4 Å². The minimum Gasteiger partial charge on any atom is -0.281 e. The molecule has 1 N–H and O–H groups in total. The number of hydrogen-bond donors (Lipinski definition) is 1. The maximum atomic E-state index is 13.2. The average Bonchev–Trinajstić information content (AvgIpc) is 2.61. The molecule has 0 aliphatic rings. The van der Waals surface area contributed by atoms with Gasteiger partial charge in [0.25, 0.3) is 0 Å². The molecular weight excluding hydrogens is 464 g/mol. The number of aromatic nitrogens is 1. The molecule has 0 amide bonds. The Kier molecular flexibility index (Phi) is 10.0. The summed E-state index contributed by atoms with van der Waals surface area (Å²) in [4.78, 5) is 3.78. The first-order valence-corrected chi connectivity index (χ1v) is 9.48. The number of pyridine rings is 1. The lowest BCUT2D eigenvalue weighted by molar-refractivity contribution is -0.300. The fraction of sp³-hybridized carbons (Fsp3) is 0.667. The molecule has 0 radical (unpaired) electrons. The average molecular weight is 481 g/mol. The molecule has 176 valence electrons. The molecule has 1 heterocycles. The van der Waals surface area contributed by atoms with Crippen molar-refractivity contribution in [2.75, 3.05) is 0 Å². The highest BCUT2D eigenvalue weighted by atomic mass is 32.2. The van der Waals surface area contributed by atoms with Gasteiger partial charge in [-0.1, -0.05) is 18.9 Å². The van der Waals surface area contributed by atoms with E-state index < -0.39 is 71.7 Å². The highest BCUT2D eigenvalue weighted by molar-refractivity contribution is 7.87. The van der Waals surface area contributed by atoms with Crippen molar-refractivity contribution in [3.63, 3.8) is 0 Å². The predicted molar refractivity (Wildman–Crippen MR) is 84.7 cm³/mol. The van der Waals surface area contributed by atoms with Crippen molar-refractivity contribution in [3.05, 3.63) is 30.6 Å². The molecule has 0 fully saturated rings. The van der Waals surface area contributed by atoms with Gasteiger partial charge in [-0.25, -0.2) is 4.39 Å². The summed E-state index contributed by atoms with van der Waals surface area (Å²) in [7, 11) is -6.98. The first-order valence-electron chi connectivity index (χ1n) is 8.04. The minimum absolute atomic E-state index is 0.504. The molecule has 1 rings (SSSR count). The van der Waals surface area contributed by atoms with Gasteiger partial charge in [0.2, 0.25) is 0 Å². The number of rotatable bonds is 9. The molecule has 0 saturated heterocycles. The summed E-state index contributed by atoms with van der Waals surface area (Å²) in [5.74, 6) is -13.0. The van der Waals surface area contributed by atoms with Gasteiger partial charge in [-0.2, -0.15) is 47.9 Å².